The fourth-order valence-electron chi connectivity index (χ4n) is 2.81. The molecule has 23 heavy (non-hydrogen) atoms. The molecule has 0 saturated heterocycles. The van der Waals surface area contributed by atoms with Crippen molar-refractivity contribution in [2.24, 2.45) is 0 Å². The number of hydrogen-bond donors (Lipinski definition) is 1. The first kappa shape index (κ1) is 17.3. The molecule has 0 spiro atoms. The molecule has 2 aromatic carbocycles. The number of rotatable bonds is 8. The van der Waals surface area contributed by atoms with Gasteiger partial charge in [-0.05, 0) is 36.7 Å². The minimum atomic E-state index is 0.111. The number of hydrogen-bond acceptors (Lipinski definition) is 4. The summed E-state index contributed by atoms with van der Waals surface area (Å²) in [5.74, 6) is 1.42. The summed E-state index contributed by atoms with van der Waals surface area (Å²) < 4.78 is 10.7. The lowest BCUT2D eigenvalue weighted by Gasteiger charge is -2.28. The molecule has 1 N–H and O–H groups in total. The molecule has 0 aliphatic heterocycles. The predicted octanol–water partition coefficient (Wildman–Crippen LogP) is 3.26. The van der Waals surface area contributed by atoms with Crippen LogP contribution in [0.2, 0.25) is 0 Å². The van der Waals surface area contributed by atoms with Crippen LogP contribution in [0.15, 0.2) is 48.5 Å². The van der Waals surface area contributed by atoms with E-state index in [9.17, 15) is 5.11 Å². The van der Waals surface area contributed by atoms with Gasteiger partial charge in [0, 0.05) is 19.2 Å². The van der Waals surface area contributed by atoms with Gasteiger partial charge in [0.1, 0.15) is 0 Å². The minimum absolute atomic E-state index is 0.111. The summed E-state index contributed by atoms with van der Waals surface area (Å²) in [6.07, 6.45) is 0.665. The van der Waals surface area contributed by atoms with Crippen molar-refractivity contribution in [2.45, 2.75) is 19.0 Å². The Morgan fingerprint density at radius 3 is 2.30 bits per heavy atom. The molecule has 0 saturated carbocycles. The van der Waals surface area contributed by atoms with Crippen molar-refractivity contribution in [3.05, 3.63) is 59.7 Å². The van der Waals surface area contributed by atoms with Gasteiger partial charge in [-0.15, -0.1) is 0 Å². The molecule has 1 atom stereocenters. The summed E-state index contributed by atoms with van der Waals surface area (Å²) in [4.78, 5) is 2.24. The van der Waals surface area contributed by atoms with Crippen LogP contribution in [-0.4, -0.2) is 37.9 Å². The third-order valence-electron chi connectivity index (χ3n) is 4.00. The topological polar surface area (TPSA) is 41.9 Å². The molecule has 4 nitrogen and oxygen atoms in total. The Balaban J connectivity index is 2.23. The highest BCUT2D eigenvalue weighted by atomic mass is 16.5. The SMILES string of the molecule is COc1ccc(C(CCO)N(C)Cc2ccccc2)cc1OC. The van der Waals surface area contributed by atoms with Crippen molar-refractivity contribution >= 4 is 0 Å². The van der Waals surface area contributed by atoms with Crippen LogP contribution < -0.4 is 9.47 Å². The highest BCUT2D eigenvalue weighted by Crippen LogP contribution is 2.33. The summed E-state index contributed by atoms with van der Waals surface area (Å²) in [7, 11) is 5.34. The van der Waals surface area contributed by atoms with Gasteiger partial charge in [-0.2, -0.15) is 0 Å². The fraction of sp³-hybridized carbons (Fsp3) is 0.368. The van der Waals surface area contributed by atoms with E-state index in [0.29, 0.717) is 17.9 Å². The van der Waals surface area contributed by atoms with E-state index in [1.807, 2.05) is 36.4 Å². The third kappa shape index (κ3) is 4.47. The maximum absolute atomic E-state index is 9.46. The molecule has 2 aromatic rings. The van der Waals surface area contributed by atoms with Crippen LogP contribution in [0.5, 0.6) is 11.5 Å². The summed E-state index contributed by atoms with van der Waals surface area (Å²) in [5, 5.41) is 9.46. The highest BCUT2D eigenvalue weighted by Gasteiger charge is 2.18. The first-order valence-corrected chi connectivity index (χ1v) is 7.76. The molecule has 2 rings (SSSR count). The average Bonchev–Trinajstić information content (AvgIpc) is 2.59. The Morgan fingerprint density at radius 1 is 1.00 bits per heavy atom. The standard InChI is InChI=1S/C19H25NO3/c1-20(14-15-7-5-4-6-8-15)17(11-12-21)16-9-10-18(22-2)19(13-16)23-3/h4-10,13,17,21H,11-12,14H2,1-3H3. The molecule has 0 heterocycles. The molecular formula is C19H25NO3. The zero-order valence-electron chi connectivity index (χ0n) is 14.0. The van der Waals surface area contributed by atoms with Crippen molar-refractivity contribution in [2.75, 3.05) is 27.9 Å². The molecule has 1 unspecified atom stereocenters. The second-order valence-electron chi connectivity index (χ2n) is 5.54. The molecule has 0 aliphatic carbocycles. The molecule has 124 valence electrons. The van der Waals surface area contributed by atoms with Gasteiger partial charge < -0.3 is 14.6 Å². The van der Waals surface area contributed by atoms with Crippen LogP contribution in [0.25, 0.3) is 0 Å². The van der Waals surface area contributed by atoms with Crippen LogP contribution in [0.4, 0.5) is 0 Å². The van der Waals surface area contributed by atoms with E-state index in [2.05, 4.69) is 24.1 Å². The van der Waals surface area contributed by atoms with E-state index in [1.54, 1.807) is 14.2 Å². The van der Waals surface area contributed by atoms with Gasteiger partial charge >= 0.3 is 0 Å². The molecule has 0 aliphatic rings. The molecule has 0 aromatic heterocycles. The Hall–Kier alpha value is -2.04. The average molecular weight is 315 g/mol. The number of methoxy groups -OCH3 is 2. The number of nitrogens with zero attached hydrogens (tertiary/aromatic N) is 1. The van der Waals surface area contributed by atoms with Crippen molar-refractivity contribution in [1.82, 2.24) is 4.90 Å². The van der Waals surface area contributed by atoms with E-state index in [4.69, 9.17) is 9.47 Å². The first-order valence-electron chi connectivity index (χ1n) is 7.76. The van der Waals surface area contributed by atoms with E-state index < -0.39 is 0 Å². The Morgan fingerprint density at radius 2 is 1.70 bits per heavy atom. The Bertz CT molecular complexity index is 601. The van der Waals surface area contributed by atoms with Crippen LogP contribution in [0, 0.1) is 0 Å². The largest absolute Gasteiger partial charge is 0.493 e. The van der Waals surface area contributed by atoms with Gasteiger partial charge in [0.15, 0.2) is 11.5 Å². The summed E-state index contributed by atoms with van der Waals surface area (Å²) >= 11 is 0. The predicted molar refractivity (Wildman–Crippen MR) is 91.9 cm³/mol. The van der Waals surface area contributed by atoms with E-state index in [0.717, 1.165) is 12.1 Å². The van der Waals surface area contributed by atoms with Crippen molar-refractivity contribution in [3.8, 4) is 11.5 Å². The lowest BCUT2D eigenvalue weighted by atomic mass is 10.0. The van der Waals surface area contributed by atoms with E-state index in [-0.39, 0.29) is 12.6 Å². The number of ether oxygens (including phenoxy) is 2. The Labute approximate surface area is 138 Å². The van der Waals surface area contributed by atoms with E-state index in [1.165, 1.54) is 5.56 Å². The first-order chi connectivity index (χ1) is 11.2. The zero-order valence-corrected chi connectivity index (χ0v) is 14.0. The second kappa shape index (κ2) is 8.56. The smallest absolute Gasteiger partial charge is 0.161 e. The minimum Gasteiger partial charge on any atom is -0.493 e. The maximum atomic E-state index is 9.46. The zero-order chi connectivity index (χ0) is 16.7. The Kier molecular flexibility index (Phi) is 6.44. The molecule has 4 heteroatoms. The lowest BCUT2D eigenvalue weighted by Crippen LogP contribution is -2.25. The number of aliphatic hydroxyl groups is 1. The van der Waals surface area contributed by atoms with Crippen molar-refractivity contribution in [3.63, 3.8) is 0 Å². The summed E-state index contributed by atoms with van der Waals surface area (Å²) in [6.45, 7) is 0.956. The van der Waals surface area contributed by atoms with Crippen LogP contribution >= 0.6 is 0 Å². The van der Waals surface area contributed by atoms with Gasteiger partial charge in [-0.25, -0.2) is 0 Å². The van der Waals surface area contributed by atoms with Crippen LogP contribution in [-0.2, 0) is 6.54 Å². The quantitative estimate of drug-likeness (QED) is 0.812. The normalized spacial score (nSPS) is 12.2. The molecule has 0 radical (unpaired) electrons. The molecular weight excluding hydrogens is 290 g/mol. The summed E-state index contributed by atoms with van der Waals surface area (Å²) in [6, 6.07) is 16.4. The lowest BCUT2D eigenvalue weighted by molar-refractivity contribution is 0.179. The van der Waals surface area contributed by atoms with Crippen LogP contribution in [0.3, 0.4) is 0 Å². The number of aliphatic hydroxyl groups excluding tert-OH is 1. The fourth-order valence-corrected chi connectivity index (χ4v) is 2.81. The second-order valence-corrected chi connectivity index (χ2v) is 5.54. The highest BCUT2D eigenvalue weighted by molar-refractivity contribution is 5.43. The third-order valence-corrected chi connectivity index (χ3v) is 4.00. The van der Waals surface area contributed by atoms with Crippen molar-refractivity contribution in [1.29, 1.82) is 0 Å². The molecule has 0 bridgehead atoms. The van der Waals surface area contributed by atoms with Gasteiger partial charge in [-0.3, -0.25) is 4.90 Å². The van der Waals surface area contributed by atoms with Crippen LogP contribution in [0.1, 0.15) is 23.6 Å². The molecule has 0 amide bonds. The molecule has 0 fully saturated rings. The van der Waals surface area contributed by atoms with Gasteiger partial charge in [-0.1, -0.05) is 36.4 Å². The van der Waals surface area contributed by atoms with Gasteiger partial charge in [0.2, 0.25) is 0 Å². The monoisotopic (exact) mass is 315 g/mol. The van der Waals surface area contributed by atoms with E-state index >= 15 is 0 Å². The number of benzene rings is 2. The summed E-state index contributed by atoms with van der Waals surface area (Å²) in [5.41, 5.74) is 2.36. The van der Waals surface area contributed by atoms with Gasteiger partial charge in [0.05, 0.1) is 14.2 Å². The van der Waals surface area contributed by atoms with Gasteiger partial charge in [0.25, 0.3) is 0 Å². The van der Waals surface area contributed by atoms with Crippen molar-refractivity contribution < 1.29 is 14.6 Å². The maximum Gasteiger partial charge on any atom is 0.161 e.